The number of carbonyl (C=O) groups is 2. The lowest BCUT2D eigenvalue weighted by Gasteiger charge is -2.13. The Hall–Kier alpha value is -10.0. The molecule has 0 amide bonds. The molecule has 15 aromatic rings. The summed E-state index contributed by atoms with van der Waals surface area (Å²) in [6.07, 6.45) is 1.67. The van der Waals surface area contributed by atoms with Crippen molar-refractivity contribution in [2.24, 2.45) is 28.2 Å². The van der Waals surface area contributed by atoms with Gasteiger partial charge in [0.1, 0.15) is 12.6 Å². The minimum absolute atomic E-state index is 0.348. The maximum absolute atomic E-state index is 10.0. The Balaban J connectivity index is 0.000000129. The van der Waals surface area contributed by atoms with Crippen molar-refractivity contribution < 1.29 is 9.59 Å². The van der Waals surface area contributed by atoms with Crippen LogP contribution < -0.4 is 0 Å². The van der Waals surface area contributed by atoms with Crippen LogP contribution in [-0.2, 0) is 28.2 Å². The van der Waals surface area contributed by atoms with E-state index in [1.54, 1.807) is 24.3 Å². The highest BCUT2D eigenvalue weighted by atomic mass is 16.1. The summed E-state index contributed by atoms with van der Waals surface area (Å²) in [5.74, 6) is 0.348. The molecule has 0 aliphatic carbocycles. The fraction of sp³-hybridized carbons (Fsp3) is 0.0933. The van der Waals surface area contributed by atoms with Gasteiger partial charge in [-0.2, -0.15) is 0 Å². The Labute approximate surface area is 472 Å². The molecule has 0 bridgehead atoms. The van der Waals surface area contributed by atoms with Gasteiger partial charge in [-0.1, -0.05) is 176 Å². The van der Waals surface area contributed by atoms with Crippen molar-refractivity contribution in [2.45, 2.75) is 19.8 Å². The molecule has 11 aromatic carbocycles. The smallest absolute Gasteiger partial charge is 0.150 e. The van der Waals surface area contributed by atoms with Crippen molar-refractivity contribution >= 4 is 99.8 Å². The number of hydrogen-bond donors (Lipinski definition) is 0. The van der Waals surface area contributed by atoms with E-state index in [1.807, 2.05) is 36.4 Å². The first-order valence-corrected chi connectivity index (χ1v) is 27.6. The number of para-hydroxylation sites is 2. The van der Waals surface area contributed by atoms with Gasteiger partial charge in [0.15, 0.2) is 0 Å². The summed E-state index contributed by atoms with van der Waals surface area (Å²) >= 11 is 0. The molecule has 1 atom stereocenters. The third-order valence-corrected chi connectivity index (χ3v) is 16.4. The maximum Gasteiger partial charge on any atom is 0.150 e. The van der Waals surface area contributed by atoms with Crippen molar-refractivity contribution in [2.75, 3.05) is 0 Å². The molecule has 4 heterocycles. The molecule has 0 fully saturated rings. The fourth-order valence-corrected chi connectivity index (χ4v) is 11.9. The Bertz CT molecular complexity index is 4650. The van der Waals surface area contributed by atoms with Crippen LogP contribution in [-0.4, -0.2) is 30.8 Å². The molecule has 0 N–H and O–H groups in total. The molecule has 6 heteroatoms. The predicted octanol–water partition coefficient (Wildman–Crippen LogP) is 18.7. The second kappa shape index (κ2) is 22.0. The lowest BCUT2D eigenvalue weighted by Crippen LogP contribution is -1.95. The molecule has 15 rings (SSSR count). The number of aryl methyl sites for hydroxylation is 5. The average Bonchev–Trinajstić information content (AvgIpc) is 4.32. The van der Waals surface area contributed by atoms with Crippen LogP contribution >= 0.6 is 0 Å². The van der Waals surface area contributed by atoms with Crippen molar-refractivity contribution in [1.29, 1.82) is 0 Å². The quantitative estimate of drug-likeness (QED) is 0.156. The zero-order valence-corrected chi connectivity index (χ0v) is 46.5. The standard InChI is InChI=1S/C35H30N2.C26H20N2.2C7H6O/c1-22-10-14-32-28(18-22)30-20-26(12-16-34(30)36(32)3)27-13-17-35-31(21-27)29-19-25(11-15-33(29)37(35)4)23(2)24-8-6-5-7-9-24;1-27-23-9-5-3-7-19(23)21-15-17(11-13-25(21)27)18-12-14-26-22(16-18)20-8-4-6-10-24(20)28(26)2;2*8-6-7-4-2-1-3-5-7/h5-21,23H,1-4H3;3-16H,1-2H3;2*1-6H. The van der Waals surface area contributed by atoms with E-state index in [0.717, 1.165) is 23.7 Å². The molecule has 0 spiro atoms. The van der Waals surface area contributed by atoms with Crippen LogP contribution in [0, 0.1) is 6.92 Å². The zero-order chi connectivity index (χ0) is 55.7. The molecule has 81 heavy (non-hydrogen) atoms. The molecule has 0 saturated carbocycles. The zero-order valence-electron chi connectivity index (χ0n) is 46.5. The topological polar surface area (TPSA) is 53.9 Å². The minimum Gasteiger partial charge on any atom is -0.344 e. The van der Waals surface area contributed by atoms with Crippen LogP contribution in [0.2, 0.25) is 0 Å². The highest BCUT2D eigenvalue weighted by Gasteiger charge is 2.17. The first-order valence-electron chi connectivity index (χ1n) is 27.6. The predicted molar refractivity (Wildman–Crippen MR) is 342 cm³/mol. The fourth-order valence-electron chi connectivity index (χ4n) is 11.9. The van der Waals surface area contributed by atoms with Gasteiger partial charge in [0, 0.05) is 132 Å². The molecule has 0 radical (unpaired) electrons. The van der Waals surface area contributed by atoms with Gasteiger partial charge < -0.3 is 18.3 Å². The molecule has 0 saturated heterocycles. The summed E-state index contributed by atoms with van der Waals surface area (Å²) < 4.78 is 9.18. The first kappa shape index (κ1) is 51.7. The largest absolute Gasteiger partial charge is 0.344 e. The van der Waals surface area contributed by atoms with E-state index >= 15 is 0 Å². The average molecular weight is 1050 g/mol. The van der Waals surface area contributed by atoms with Gasteiger partial charge in [-0.25, -0.2) is 0 Å². The molecule has 4 aromatic heterocycles. The summed E-state index contributed by atoms with van der Waals surface area (Å²) in [5.41, 5.74) is 20.7. The monoisotopic (exact) mass is 1050 g/mol. The molecule has 0 aliphatic heterocycles. The van der Waals surface area contributed by atoms with E-state index in [2.05, 4.69) is 248 Å². The second-order valence-electron chi connectivity index (χ2n) is 21.2. The summed E-state index contributed by atoms with van der Waals surface area (Å²) in [4.78, 5) is 20.0. The van der Waals surface area contributed by atoms with Crippen LogP contribution in [0.15, 0.2) is 249 Å². The molecule has 394 valence electrons. The van der Waals surface area contributed by atoms with E-state index in [0.29, 0.717) is 5.92 Å². The van der Waals surface area contributed by atoms with Crippen molar-refractivity contribution in [3.63, 3.8) is 0 Å². The van der Waals surface area contributed by atoms with Gasteiger partial charge in [0.05, 0.1) is 0 Å². The highest BCUT2D eigenvalue weighted by Crippen LogP contribution is 2.39. The van der Waals surface area contributed by atoms with E-state index in [4.69, 9.17) is 0 Å². The summed E-state index contributed by atoms with van der Waals surface area (Å²) in [6.45, 7) is 4.47. The first-order chi connectivity index (χ1) is 39.6. The number of benzene rings is 11. The number of aldehydes is 2. The highest BCUT2D eigenvalue weighted by molar-refractivity contribution is 6.13. The number of rotatable bonds is 6. The van der Waals surface area contributed by atoms with Crippen molar-refractivity contribution in [3.8, 4) is 22.3 Å². The van der Waals surface area contributed by atoms with Crippen LogP contribution in [0.25, 0.3) is 109 Å². The van der Waals surface area contributed by atoms with E-state index < -0.39 is 0 Å². The Morgan fingerprint density at radius 3 is 0.963 bits per heavy atom. The lowest BCUT2D eigenvalue weighted by molar-refractivity contribution is 0.111. The normalized spacial score (nSPS) is 11.6. The SMILES string of the molecule is Cc1ccc2c(c1)c1cc(-c3ccc4c(c3)c3cc(C(C)c5ccccc5)ccc3n4C)ccc1n2C.Cn1c2ccccc2c2cc(-c3ccc4c(c3)c3ccccc3n4C)ccc21.O=Cc1ccccc1.O=Cc1ccccc1. The number of carbonyl (C=O) groups excluding carboxylic acids is 2. The molecular weight excluding hydrogens is 989 g/mol. The van der Waals surface area contributed by atoms with Crippen LogP contribution in [0.1, 0.15) is 50.2 Å². The second-order valence-corrected chi connectivity index (χ2v) is 21.2. The van der Waals surface area contributed by atoms with Crippen LogP contribution in [0.3, 0.4) is 0 Å². The van der Waals surface area contributed by atoms with Gasteiger partial charge in [-0.05, 0) is 125 Å². The molecule has 6 nitrogen and oxygen atoms in total. The summed E-state index contributed by atoms with van der Waals surface area (Å²) in [5, 5.41) is 10.5. The molecule has 0 aliphatic rings. The van der Waals surface area contributed by atoms with Gasteiger partial charge in [-0.3, -0.25) is 9.59 Å². The Morgan fingerprint density at radius 1 is 0.284 bits per heavy atom. The number of nitrogens with zero attached hydrogens (tertiary/aromatic N) is 4. The maximum atomic E-state index is 10.0. The Kier molecular flexibility index (Phi) is 14.0. The van der Waals surface area contributed by atoms with Crippen LogP contribution in [0.4, 0.5) is 0 Å². The lowest BCUT2D eigenvalue weighted by atomic mass is 9.92. The van der Waals surface area contributed by atoms with Gasteiger partial charge in [-0.15, -0.1) is 0 Å². The number of aromatic nitrogens is 4. The summed E-state index contributed by atoms with van der Waals surface area (Å²) in [6, 6.07) is 87.5. The third-order valence-electron chi connectivity index (χ3n) is 16.4. The number of fused-ring (bicyclic) bond motifs is 12. The molecule has 1 unspecified atom stereocenters. The number of hydrogen-bond acceptors (Lipinski definition) is 2. The van der Waals surface area contributed by atoms with Crippen LogP contribution in [0.5, 0.6) is 0 Å². The van der Waals surface area contributed by atoms with E-state index in [1.165, 1.54) is 126 Å². The third kappa shape index (κ3) is 9.76. The molecular formula is C75H62N4O2. The van der Waals surface area contributed by atoms with E-state index in [9.17, 15) is 9.59 Å². The summed E-state index contributed by atoms with van der Waals surface area (Å²) in [7, 11) is 8.63. The van der Waals surface area contributed by atoms with Crippen molar-refractivity contribution in [1.82, 2.24) is 18.3 Å². The van der Waals surface area contributed by atoms with Gasteiger partial charge in [0.2, 0.25) is 0 Å². The van der Waals surface area contributed by atoms with Gasteiger partial charge >= 0.3 is 0 Å². The van der Waals surface area contributed by atoms with E-state index in [-0.39, 0.29) is 0 Å². The minimum atomic E-state index is 0.348. The Morgan fingerprint density at radius 2 is 0.580 bits per heavy atom. The van der Waals surface area contributed by atoms with Crippen molar-refractivity contribution in [3.05, 3.63) is 277 Å². The van der Waals surface area contributed by atoms with Gasteiger partial charge in [0.25, 0.3) is 0 Å².